The van der Waals surface area contributed by atoms with E-state index in [0.717, 1.165) is 26.1 Å². The van der Waals surface area contributed by atoms with Crippen LogP contribution in [0.5, 0.6) is 0 Å². The number of hydrogen-bond acceptors (Lipinski definition) is 4. The molecule has 0 aromatic carbocycles. The summed E-state index contributed by atoms with van der Waals surface area (Å²) in [6.07, 6.45) is 3.95. The summed E-state index contributed by atoms with van der Waals surface area (Å²) in [6.45, 7) is 9.55. The number of aromatic nitrogens is 3. The van der Waals surface area contributed by atoms with Crippen molar-refractivity contribution in [3.63, 3.8) is 0 Å². The van der Waals surface area contributed by atoms with Gasteiger partial charge in [-0.25, -0.2) is 9.78 Å². The highest BCUT2D eigenvalue weighted by Crippen LogP contribution is 2.44. The lowest BCUT2D eigenvalue weighted by atomic mass is 9.74. The van der Waals surface area contributed by atoms with E-state index in [1.807, 2.05) is 4.90 Å². The summed E-state index contributed by atoms with van der Waals surface area (Å²) in [4.78, 5) is 20.7. The zero-order chi connectivity index (χ0) is 13.6. The lowest BCUT2D eigenvalue weighted by Crippen LogP contribution is -2.70. The number of carbonyl (C=O) groups excluding carboxylic acids is 1. The van der Waals surface area contributed by atoms with Gasteiger partial charge in [0, 0.05) is 25.7 Å². The largest absolute Gasteiger partial charge is 0.346 e. The molecule has 104 valence electrons. The van der Waals surface area contributed by atoms with Gasteiger partial charge in [0.2, 0.25) is 0 Å². The Bertz CT molecular complexity index is 471. The van der Waals surface area contributed by atoms with Crippen molar-refractivity contribution in [2.75, 3.05) is 19.6 Å². The Balaban J connectivity index is 1.79. The minimum Gasteiger partial charge on any atom is -0.315 e. The van der Waals surface area contributed by atoms with Crippen LogP contribution in [0.3, 0.4) is 0 Å². The Kier molecular flexibility index (Phi) is 2.85. The first kappa shape index (κ1) is 12.6. The smallest absolute Gasteiger partial charge is 0.315 e. The standard InChI is InChI=1S/C13H21N5O/c1-10(2)16-5-4-13(7-16)11(3)6-17(13)12(19)18-9-14-8-15-18/h8-11H,4-7H2,1-3H3/t11-,13-/m0/s1. The summed E-state index contributed by atoms with van der Waals surface area (Å²) in [5.41, 5.74) is 0.00725. The summed E-state index contributed by atoms with van der Waals surface area (Å²) >= 11 is 0. The predicted molar refractivity (Wildman–Crippen MR) is 70.7 cm³/mol. The molecule has 19 heavy (non-hydrogen) atoms. The van der Waals surface area contributed by atoms with E-state index < -0.39 is 0 Å². The highest BCUT2D eigenvalue weighted by atomic mass is 16.2. The van der Waals surface area contributed by atoms with Gasteiger partial charge in [-0.15, -0.1) is 0 Å². The number of hydrogen-bond donors (Lipinski definition) is 0. The molecule has 2 aliphatic rings. The lowest BCUT2D eigenvalue weighted by molar-refractivity contribution is -0.0303. The van der Waals surface area contributed by atoms with E-state index in [2.05, 4.69) is 35.8 Å². The second kappa shape index (κ2) is 4.30. The van der Waals surface area contributed by atoms with Gasteiger partial charge in [-0.3, -0.25) is 4.90 Å². The molecule has 1 aromatic rings. The van der Waals surface area contributed by atoms with Gasteiger partial charge in [0.25, 0.3) is 0 Å². The quantitative estimate of drug-likeness (QED) is 0.760. The van der Waals surface area contributed by atoms with Crippen LogP contribution < -0.4 is 0 Å². The molecule has 6 heteroatoms. The summed E-state index contributed by atoms with van der Waals surface area (Å²) in [7, 11) is 0. The van der Waals surface area contributed by atoms with E-state index in [1.165, 1.54) is 17.3 Å². The van der Waals surface area contributed by atoms with Crippen molar-refractivity contribution in [2.24, 2.45) is 5.92 Å². The van der Waals surface area contributed by atoms with Crippen LogP contribution in [-0.2, 0) is 0 Å². The fraction of sp³-hybridized carbons (Fsp3) is 0.769. The Labute approximate surface area is 113 Å². The SMILES string of the molecule is CC(C)N1CC[C@]2(C1)[C@@H](C)CN2C(=O)n1cncn1. The van der Waals surface area contributed by atoms with Gasteiger partial charge in [-0.2, -0.15) is 9.78 Å². The molecule has 1 spiro atoms. The van der Waals surface area contributed by atoms with Crippen molar-refractivity contribution in [3.8, 4) is 0 Å². The number of amides is 1. The number of nitrogens with zero attached hydrogens (tertiary/aromatic N) is 5. The van der Waals surface area contributed by atoms with Gasteiger partial charge in [0.15, 0.2) is 0 Å². The van der Waals surface area contributed by atoms with Gasteiger partial charge >= 0.3 is 6.03 Å². The van der Waals surface area contributed by atoms with E-state index >= 15 is 0 Å². The molecule has 2 atom stereocenters. The molecule has 2 aliphatic heterocycles. The molecule has 0 N–H and O–H groups in total. The fourth-order valence-electron chi connectivity index (χ4n) is 3.39. The lowest BCUT2D eigenvalue weighted by Gasteiger charge is -2.55. The first-order valence-electron chi connectivity index (χ1n) is 6.95. The maximum atomic E-state index is 12.4. The molecule has 0 radical (unpaired) electrons. The molecule has 3 rings (SSSR count). The van der Waals surface area contributed by atoms with Gasteiger partial charge in [-0.05, 0) is 26.2 Å². The molecule has 6 nitrogen and oxygen atoms in total. The van der Waals surface area contributed by atoms with Crippen LogP contribution >= 0.6 is 0 Å². The van der Waals surface area contributed by atoms with Crippen molar-refractivity contribution in [1.29, 1.82) is 0 Å². The summed E-state index contributed by atoms with van der Waals surface area (Å²) in [5.74, 6) is 0.559. The number of carbonyl (C=O) groups is 1. The molecular formula is C13H21N5O. The van der Waals surface area contributed by atoms with Gasteiger partial charge in [0.1, 0.15) is 12.7 Å². The monoisotopic (exact) mass is 263 g/mol. The fourth-order valence-corrected chi connectivity index (χ4v) is 3.39. The number of likely N-dealkylation sites (tertiary alicyclic amines) is 2. The molecule has 2 fully saturated rings. The topological polar surface area (TPSA) is 54.3 Å². The molecule has 0 bridgehead atoms. The van der Waals surface area contributed by atoms with Crippen LogP contribution in [0.15, 0.2) is 12.7 Å². The van der Waals surface area contributed by atoms with Gasteiger partial charge < -0.3 is 4.90 Å². The van der Waals surface area contributed by atoms with Crippen LogP contribution in [0.1, 0.15) is 27.2 Å². The zero-order valence-corrected chi connectivity index (χ0v) is 11.8. The second-order valence-corrected chi connectivity index (χ2v) is 6.05. The van der Waals surface area contributed by atoms with Crippen molar-refractivity contribution < 1.29 is 4.79 Å². The van der Waals surface area contributed by atoms with Crippen molar-refractivity contribution in [2.45, 2.75) is 38.8 Å². The molecule has 1 amide bonds. The third kappa shape index (κ3) is 1.77. The minimum atomic E-state index is -0.0405. The highest BCUT2D eigenvalue weighted by molar-refractivity contribution is 5.77. The Morgan fingerprint density at radius 2 is 2.26 bits per heavy atom. The van der Waals surface area contributed by atoms with Gasteiger partial charge in [0.05, 0.1) is 5.54 Å². The van der Waals surface area contributed by atoms with E-state index in [4.69, 9.17) is 0 Å². The van der Waals surface area contributed by atoms with Crippen LogP contribution in [0.4, 0.5) is 4.79 Å². The minimum absolute atomic E-state index is 0.00725. The van der Waals surface area contributed by atoms with Gasteiger partial charge in [-0.1, -0.05) is 6.92 Å². The average molecular weight is 263 g/mol. The second-order valence-electron chi connectivity index (χ2n) is 6.05. The zero-order valence-electron chi connectivity index (χ0n) is 11.8. The molecule has 1 aromatic heterocycles. The van der Waals surface area contributed by atoms with Crippen LogP contribution in [-0.4, -0.2) is 61.8 Å². The molecule has 0 saturated carbocycles. The third-order valence-electron chi connectivity index (χ3n) is 4.80. The number of rotatable bonds is 1. The van der Waals surface area contributed by atoms with Crippen molar-refractivity contribution >= 4 is 6.03 Å². The maximum absolute atomic E-state index is 12.4. The average Bonchev–Trinajstić information content (AvgIpc) is 3.04. The van der Waals surface area contributed by atoms with Crippen LogP contribution in [0.25, 0.3) is 0 Å². The highest BCUT2D eigenvalue weighted by Gasteiger charge is 2.57. The molecular weight excluding hydrogens is 242 g/mol. The molecule has 0 aliphatic carbocycles. The van der Waals surface area contributed by atoms with E-state index in [0.29, 0.717) is 12.0 Å². The van der Waals surface area contributed by atoms with E-state index in [1.54, 1.807) is 0 Å². The Morgan fingerprint density at radius 1 is 1.47 bits per heavy atom. The summed E-state index contributed by atoms with van der Waals surface area (Å²) in [6, 6.07) is 0.497. The first-order chi connectivity index (χ1) is 9.04. The van der Waals surface area contributed by atoms with Crippen molar-refractivity contribution in [3.05, 3.63) is 12.7 Å². The summed E-state index contributed by atoms with van der Waals surface area (Å²) in [5, 5.41) is 3.95. The maximum Gasteiger partial charge on any atom is 0.346 e. The van der Waals surface area contributed by atoms with Crippen molar-refractivity contribution in [1.82, 2.24) is 24.6 Å². The Morgan fingerprint density at radius 3 is 2.79 bits per heavy atom. The Hall–Kier alpha value is -1.43. The molecule has 2 saturated heterocycles. The van der Waals surface area contributed by atoms with Crippen LogP contribution in [0.2, 0.25) is 0 Å². The normalized spacial score (nSPS) is 31.2. The van der Waals surface area contributed by atoms with E-state index in [-0.39, 0.29) is 11.6 Å². The van der Waals surface area contributed by atoms with E-state index in [9.17, 15) is 4.79 Å². The van der Waals surface area contributed by atoms with Crippen LogP contribution in [0, 0.1) is 5.92 Å². The first-order valence-corrected chi connectivity index (χ1v) is 6.95. The summed E-state index contributed by atoms with van der Waals surface area (Å²) < 4.78 is 1.34. The molecule has 3 heterocycles. The predicted octanol–water partition coefficient (Wildman–Crippen LogP) is 1.05. The molecule has 0 unspecified atom stereocenters. The third-order valence-corrected chi connectivity index (χ3v) is 4.80.